The predicted octanol–water partition coefficient (Wildman–Crippen LogP) is 2.95. The number of Topliss-reactive ketones (excluding diaryl/α,β-unsaturated/α-hetero) is 1. The number of hydrogen-bond donors (Lipinski definition) is 0. The molecule has 0 fully saturated rings. The molecule has 2 aromatic rings. The Morgan fingerprint density at radius 2 is 1.73 bits per heavy atom. The number of rotatable bonds is 2. The van der Waals surface area contributed by atoms with Crippen LogP contribution in [0.2, 0.25) is 0 Å². The molecule has 0 aliphatic carbocycles. The molecule has 74 valence electrons. The second kappa shape index (κ2) is 4.05. The Bertz CT molecular complexity index is 460. The van der Waals surface area contributed by atoms with Gasteiger partial charge in [-0.25, -0.2) is 0 Å². The summed E-state index contributed by atoms with van der Waals surface area (Å²) < 4.78 is 0. The van der Waals surface area contributed by atoms with Gasteiger partial charge in [-0.2, -0.15) is 0 Å². The SMILES string of the molecule is CC(=O)c1ccc(-c2ccccc2)cn1. The van der Waals surface area contributed by atoms with Gasteiger partial charge in [-0.05, 0) is 11.6 Å². The molecule has 0 N–H and O–H groups in total. The highest BCUT2D eigenvalue weighted by molar-refractivity contribution is 5.92. The van der Waals surface area contributed by atoms with E-state index >= 15 is 0 Å². The third kappa shape index (κ3) is 2.10. The molecule has 0 spiro atoms. The van der Waals surface area contributed by atoms with Crippen LogP contribution in [0.1, 0.15) is 17.4 Å². The number of aromatic nitrogens is 1. The predicted molar refractivity (Wildman–Crippen MR) is 59.7 cm³/mol. The highest BCUT2D eigenvalue weighted by Crippen LogP contribution is 2.17. The van der Waals surface area contributed by atoms with Crippen LogP contribution in [-0.2, 0) is 0 Å². The lowest BCUT2D eigenvalue weighted by molar-refractivity contribution is 0.101. The van der Waals surface area contributed by atoms with E-state index in [1.807, 2.05) is 36.4 Å². The van der Waals surface area contributed by atoms with Gasteiger partial charge in [0.25, 0.3) is 0 Å². The molecule has 15 heavy (non-hydrogen) atoms. The van der Waals surface area contributed by atoms with E-state index in [1.165, 1.54) is 6.92 Å². The van der Waals surface area contributed by atoms with Crippen molar-refractivity contribution in [1.29, 1.82) is 0 Å². The number of nitrogens with zero attached hydrogens (tertiary/aromatic N) is 1. The van der Waals surface area contributed by atoms with E-state index < -0.39 is 0 Å². The van der Waals surface area contributed by atoms with Crippen molar-refractivity contribution in [2.45, 2.75) is 6.92 Å². The standard InChI is InChI=1S/C13H11NO/c1-10(15)13-8-7-12(9-14-13)11-5-3-2-4-6-11/h2-9H,1H3. The molecular weight excluding hydrogens is 186 g/mol. The van der Waals surface area contributed by atoms with Crippen molar-refractivity contribution in [2.24, 2.45) is 0 Å². The first-order valence-corrected chi connectivity index (χ1v) is 4.80. The molecule has 2 heteroatoms. The van der Waals surface area contributed by atoms with Gasteiger partial charge in [0.2, 0.25) is 0 Å². The normalized spacial score (nSPS) is 9.93. The number of hydrogen-bond acceptors (Lipinski definition) is 2. The molecule has 0 atom stereocenters. The molecule has 0 radical (unpaired) electrons. The maximum Gasteiger partial charge on any atom is 0.178 e. The Balaban J connectivity index is 2.36. The van der Waals surface area contributed by atoms with Gasteiger partial charge in [0.1, 0.15) is 5.69 Å². The van der Waals surface area contributed by atoms with E-state index in [2.05, 4.69) is 4.98 Å². The number of ketones is 1. The van der Waals surface area contributed by atoms with Crippen molar-refractivity contribution in [2.75, 3.05) is 0 Å². The number of carbonyl (C=O) groups is 1. The fourth-order valence-electron chi connectivity index (χ4n) is 1.40. The molecule has 0 unspecified atom stereocenters. The molecule has 1 aromatic carbocycles. The summed E-state index contributed by atoms with van der Waals surface area (Å²) in [6, 6.07) is 13.6. The Morgan fingerprint density at radius 1 is 1.00 bits per heavy atom. The minimum Gasteiger partial charge on any atom is -0.293 e. The lowest BCUT2D eigenvalue weighted by Gasteiger charge is -2.01. The van der Waals surface area contributed by atoms with E-state index in [4.69, 9.17) is 0 Å². The maximum atomic E-state index is 11.0. The molecule has 0 amide bonds. The van der Waals surface area contributed by atoms with Crippen LogP contribution in [-0.4, -0.2) is 10.8 Å². The number of benzene rings is 1. The van der Waals surface area contributed by atoms with E-state index in [1.54, 1.807) is 12.3 Å². The molecule has 0 saturated heterocycles. The van der Waals surface area contributed by atoms with Crippen LogP contribution < -0.4 is 0 Å². The second-order valence-corrected chi connectivity index (χ2v) is 3.35. The van der Waals surface area contributed by atoms with Gasteiger partial charge in [-0.15, -0.1) is 0 Å². The van der Waals surface area contributed by atoms with Gasteiger partial charge in [0, 0.05) is 18.7 Å². The van der Waals surface area contributed by atoms with Crippen LogP contribution in [0.25, 0.3) is 11.1 Å². The van der Waals surface area contributed by atoms with Crippen molar-refractivity contribution >= 4 is 5.78 Å². The third-order valence-electron chi connectivity index (χ3n) is 2.23. The first-order chi connectivity index (χ1) is 7.27. The van der Waals surface area contributed by atoms with Crippen molar-refractivity contribution in [3.05, 3.63) is 54.4 Å². The quantitative estimate of drug-likeness (QED) is 0.693. The maximum absolute atomic E-state index is 11.0. The smallest absolute Gasteiger partial charge is 0.178 e. The monoisotopic (exact) mass is 197 g/mol. The summed E-state index contributed by atoms with van der Waals surface area (Å²) in [6.45, 7) is 1.52. The minimum absolute atomic E-state index is 0.00499. The van der Waals surface area contributed by atoms with Crippen LogP contribution in [0.4, 0.5) is 0 Å². The number of pyridine rings is 1. The summed E-state index contributed by atoms with van der Waals surface area (Å²) in [5.41, 5.74) is 2.65. The first kappa shape index (κ1) is 9.59. The van der Waals surface area contributed by atoms with Crippen molar-refractivity contribution < 1.29 is 4.79 Å². The van der Waals surface area contributed by atoms with E-state index in [-0.39, 0.29) is 5.78 Å². The van der Waals surface area contributed by atoms with Crippen molar-refractivity contribution in [3.63, 3.8) is 0 Å². The van der Waals surface area contributed by atoms with Crippen molar-refractivity contribution in [3.8, 4) is 11.1 Å². The fraction of sp³-hybridized carbons (Fsp3) is 0.0769. The Morgan fingerprint density at radius 3 is 2.27 bits per heavy atom. The molecule has 1 aromatic heterocycles. The lowest BCUT2D eigenvalue weighted by atomic mass is 10.1. The Hall–Kier alpha value is -1.96. The topological polar surface area (TPSA) is 30.0 Å². The summed E-state index contributed by atoms with van der Waals surface area (Å²) in [4.78, 5) is 15.1. The molecular formula is C13H11NO. The molecule has 0 aliphatic heterocycles. The van der Waals surface area contributed by atoms with E-state index in [0.29, 0.717) is 5.69 Å². The lowest BCUT2D eigenvalue weighted by Crippen LogP contribution is -1.95. The third-order valence-corrected chi connectivity index (χ3v) is 2.23. The molecule has 1 heterocycles. The summed E-state index contributed by atoms with van der Waals surface area (Å²) in [6.07, 6.45) is 1.73. The highest BCUT2D eigenvalue weighted by Gasteiger charge is 2.01. The van der Waals surface area contributed by atoms with Crippen molar-refractivity contribution in [1.82, 2.24) is 4.98 Å². The molecule has 0 aliphatic rings. The van der Waals surface area contributed by atoms with Crippen LogP contribution in [0.5, 0.6) is 0 Å². The largest absolute Gasteiger partial charge is 0.293 e. The number of carbonyl (C=O) groups excluding carboxylic acids is 1. The highest BCUT2D eigenvalue weighted by atomic mass is 16.1. The Kier molecular flexibility index (Phi) is 2.59. The van der Waals surface area contributed by atoms with Crippen LogP contribution in [0, 0.1) is 0 Å². The zero-order chi connectivity index (χ0) is 10.7. The summed E-state index contributed by atoms with van der Waals surface area (Å²) in [5, 5.41) is 0. The summed E-state index contributed by atoms with van der Waals surface area (Å²) >= 11 is 0. The molecule has 0 bridgehead atoms. The molecule has 0 saturated carbocycles. The van der Waals surface area contributed by atoms with Gasteiger partial charge in [0.05, 0.1) is 0 Å². The fourth-order valence-corrected chi connectivity index (χ4v) is 1.40. The minimum atomic E-state index is -0.00499. The van der Waals surface area contributed by atoms with Gasteiger partial charge < -0.3 is 0 Å². The molecule has 2 nitrogen and oxygen atoms in total. The zero-order valence-corrected chi connectivity index (χ0v) is 8.47. The second-order valence-electron chi connectivity index (χ2n) is 3.35. The average Bonchev–Trinajstić information content (AvgIpc) is 2.30. The van der Waals surface area contributed by atoms with Gasteiger partial charge in [-0.3, -0.25) is 9.78 Å². The molecule has 2 rings (SSSR count). The van der Waals surface area contributed by atoms with E-state index in [0.717, 1.165) is 11.1 Å². The first-order valence-electron chi connectivity index (χ1n) is 4.80. The van der Waals surface area contributed by atoms with Gasteiger partial charge in [0.15, 0.2) is 5.78 Å². The average molecular weight is 197 g/mol. The van der Waals surface area contributed by atoms with Gasteiger partial charge >= 0.3 is 0 Å². The van der Waals surface area contributed by atoms with E-state index in [9.17, 15) is 4.79 Å². The zero-order valence-electron chi connectivity index (χ0n) is 8.47. The summed E-state index contributed by atoms with van der Waals surface area (Å²) in [5.74, 6) is -0.00499. The van der Waals surface area contributed by atoms with Crippen LogP contribution in [0.3, 0.4) is 0 Å². The summed E-state index contributed by atoms with van der Waals surface area (Å²) in [7, 11) is 0. The van der Waals surface area contributed by atoms with Crippen LogP contribution >= 0.6 is 0 Å². The van der Waals surface area contributed by atoms with Gasteiger partial charge in [-0.1, -0.05) is 36.4 Å². The van der Waals surface area contributed by atoms with Crippen LogP contribution in [0.15, 0.2) is 48.7 Å². The Labute approximate surface area is 88.6 Å².